The first-order valence-electron chi connectivity index (χ1n) is 5.56. The van der Waals surface area contributed by atoms with Crippen LogP contribution >= 0.6 is 0 Å². The number of ether oxygens (including phenoxy) is 1. The maximum absolute atomic E-state index is 11.3. The minimum Gasteiger partial charge on any atom is -0.457 e. The molecule has 20 heavy (non-hydrogen) atoms. The smallest absolute Gasteiger partial charge is 0.457 e. The van der Waals surface area contributed by atoms with Crippen molar-refractivity contribution < 1.29 is 42.4 Å². The summed E-state index contributed by atoms with van der Waals surface area (Å²) in [5, 5.41) is 0. The molecule has 9 nitrogen and oxygen atoms in total. The summed E-state index contributed by atoms with van der Waals surface area (Å²) in [6, 6.07) is 0. The van der Waals surface area contributed by atoms with Crippen LogP contribution in [0.25, 0.3) is 0 Å². The molecule has 0 bridgehead atoms. The van der Waals surface area contributed by atoms with Crippen LogP contribution in [0, 0.1) is 0 Å². The van der Waals surface area contributed by atoms with Crippen LogP contribution < -0.4 is 0 Å². The van der Waals surface area contributed by atoms with Crippen molar-refractivity contribution in [2.75, 3.05) is 27.9 Å². The van der Waals surface area contributed by atoms with Gasteiger partial charge in [-0.3, -0.25) is 0 Å². The largest absolute Gasteiger partial charge is 0.764 e. The Morgan fingerprint density at radius 2 is 1.55 bits per heavy atom. The van der Waals surface area contributed by atoms with E-state index < -0.39 is 21.1 Å². The van der Waals surface area contributed by atoms with Gasteiger partial charge in [0.2, 0.25) is 0 Å². The van der Waals surface area contributed by atoms with Crippen molar-refractivity contribution in [1.82, 2.24) is 0 Å². The number of carbonyl (C=O) groups is 1. The molecule has 0 N–H and O–H groups in total. The van der Waals surface area contributed by atoms with E-state index >= 15 is 0 Å². The third-order valence-electron chi connectivity index (χ3n) is 1.71. The lowest BCUT2D eigenvalue weighted by Gasteiger charge is -2.24. The van der Waals surface area contributed by atoms with Crippen molar-refractivity contribution in [3.63, 3.8) is 0 Å². The Hall–Kier alpha value is -0.853. The quantitative estimate of drug-likeness (QED) is 0.179. The molecule has 0 aliphatic rings. The molecule has 0 rings (SSSR count). The van der Waals surface area contributed by atoms with Gasteiger partial charge in [-0.1, -0.05) is 6.58 Å². The lowest BCUT2D eigenvalue weighted by atomic mass is 10.3. The normalized spacial score (nSPS) is 13.1. The summed E-state index contributed by atoms with van der Waals surface area (Å²) in [5.41, 5.74) is 0.273. The molecule has 0 saturated carbocycles. The van der Waals surface area contributed by atoms with Gasteiger partial charge in [0, 0.05) is 5.57 Å². The van der Waals surface area contributed by atoms with Gasteiger partial charge in [0.05, 0.1) is 27.9 Å². The zero-order valence-corrected chi connectivity index (χ0v) is 13.2. The summed E-state index contributed by atoms with van der Waals surface area (Å²) in [4.78, 5) is 24.7. The Morgan fingerprint density at radius 1 is 1.10 bits per heavy atom. The third kappa shape index (κ3) is 7.07. The van der Waals surface area contributed by atoms with Gasteiger partial charge in [-0.25, -0.2) is 19.5 Å². The minimum absolute atomic E-state index is 0.0959. The van der Waals surface area contributed by atoms with Gasteiger partial charge >= 0.3 is 15.0 Å². The molecule has 0 amide bonds. The first kappa shape index (κ1) is 19.1. The number of hydrogen-bond donors (Lipinski definition) is 0. The van der Waals surface area contributed by atoms with Crippen molar-refractivity contribution in [1.29, 1.82) is 0 Å². The van der Waals surface area contributed by atoms with Crippen molar-refractivity contribution in [3.05, 3.63) is 12.2 Å². The molecular weight excluding hydrogens is 292 g/mol. The molecule has 1 atom stereocenters. The number of hydrogen-bond acceptors (Lipinski definition) is 9. The van der Waals surface area contributed by atoms with E-state index in [0.29, 0.717) is 0 Å². The molecule has 0 aliphatic carbocycles. The molecule has 0 aromatic rings. The van der Waals surface area contributed by atoms with Crippen molar-refractivity contribution in [2.45, 2.75) is 20.0 Å². The number of esters is 1. The fraction of sp³-hybridized carbons (Fsp3) is 0.700. The van der Waals surface area contributed by atoms with Gasteiger partial charge in [-0.05, 0) is 13.8 Å². The highest BCUT2D eigenvalue weighted by molar-refractivity contribution is 6.52. The van der Waals surface area contributed by atoms with Crippen LogP contribution in [0.4, 0.5) is 0 Å². The van der Waals surface area contributed by atoms with E-state index in [9.17, 15) is 4.79 Å². The van der Waals surface area contributed by atoms with Crippen molar-refractivity contribution >= 4 is 15.0 Å². The van der Waals surface area contributed by atoms with Crippen LogP contribution in [0.3, 0.4) is 0 Å². The Morgan fingerprint density at radius 3 is 1.90 bits per heavy atom. The fourth-order valence-electron chi connectivity index (χ4n) is 0.957. The Kier molecular flexibility index (Phi) is 9.53. The SMILES string of the molecule is C=C(C)C(=O)OC(C)CO[Si](OOC)(OOC)OOC. The molecule has 0 spiro atoms. The number of carbonyl (C=O) groups excluding carboxylic acids is 1. The molecule has 0 saturated heterocycles. The topological polar surface area (TPSA) is 90.9 Å². The maximum atomic E-state index is 11.3. The Balaban J connectivity index is 4.49. The molecule has 0 fully saturated rings. The summed E-state index contributed by atoms with van der Waals surface area (Å²) in [6.07, 6.45) is -0.604. The summed E-state index contributed by atoms with van der Waals surface area (Å²) in [6.45, 7) is 6.51. The molecule has 10 heteroatoms. The van der Waals surface area contributed by atoms with Crippen molar-refractivity contribution in [2.24, 2.45) is 0 Å². The molecule has 0 aliphatic heterocycles. The van der Waals surface area contributed by atoms with E-state index in [-0.39, 0.29) is 12.2 Å². The van der Waals surface area contributed by atoms with Crippen LogP contribution in [-0.2, 0) is 42.4 Å². The molecule has 0 radical (unpaired) electrons. The lowest BCUT2D eigenvalue weighted by Crippen LogP contribution is -2.50. The minimum atomic E-state index is -3.82. The lowest BCUT2D eigenvalue weighted by molar-refractivity contribution is -0.371. The Labute approximate surface area is 118 Å². The van der Waals surface area contributed by atoms with Gasteiger partial charge in [0.25, 0.3) is 0 Å². The summed E-state index contributed by atoms with van der Waals surface area (Å²) in [7, 11) is -0.127. The van der Waals surface area contributed by atoms with Crippen LogP contribution in [0.5, 0.6) is 0 Å². The average Bonchev–Trinajstić information content (AvgIpc) is 2.37. The molecule has 0 aromatic carbocycles. The third-order valence-corrected chi connectivity index (χ3v) is 3.34. The van der Waals surface area contributed by atoms with Crippen LogP contribution in [0.15, 0.2) is 12.2 Å². The van der Waals surface area contributed by atoms with E-state index in [2.05, 4.69) is 21.2 Å². The van der Waals surface area contributed by atoms with Crippen LogP contribution in [0.2, 0.25) is 0 Å². The fourth-order valence-corrected chi connectivity index (χ4v) is 2.24. The van der Waals surface area contributed by atoms with E-state index in [1.807, 2.05) is 0 Å². The number of rotatable bonds is 11. The van der Waals surface area contributed by atoms with E-state index in [4.69, 9.17) is 22.9 Å². The summed E-state index contributed by atoms with van der Waals surface area (Å²) >= 11 is 0. The first-order chi connectivity index (χ1) is 9.40. The molecule has 118 valence electrons. The first-order valence-corrected chi connectivity index (χ1v) is 7.20. The molecular formula is C10H20O9Si. The van der Waals surface area contributed by atoms with Gasteiger partial charge < -0.3 is 9.16 Å². The predicted octanol–water partition coefficient (Wildman–Crippen LogP) is 0.680. The van der Waals surface area contributed by atoms with E-state index in [1.165, 1.54) is 28.3 Å². The van der Waals surface area contributed by atoms with Gasteiger partial charge in [0.15, 0.2) is 0 Å². The second-order valence-corrected chi connectivity index (χ2v) is 5.35. The second kappa shape index (κ2) is 9.96. The van der Waals surface area contributed by atoms with Crippen LogP contribution in [-0.4, -0.2) is 49.1 Å². The average molecular weight is 312 g/mol. The molecule has 0 heterocycles. The van der Waals surface area contributed by atoms with Gasteiger partial charge in [-0.2, -0.15) is 13.7 Å². The van der Waals surface area contributed by atoms with Crippen molar-refractivity contribution in [3.8, 4) is 0 Å². The second-order valence-electron chi connectivity index (χ2n) is 3.56. The summed E-state index contributed by atoms with van der Waals surface area (Å²) < 4.78 is 24.6. The summed E-state index contributed by atoms with van der Waals surface area (Å²) in [5.74, 6) is -0.540. The monoisotopic (exact) mass is 312 g/mol. The Bertz CT molecular complexity index is 292. The van der Waals surface area contributed by atoms with E-state index in [0.717, 1.165) is 0 Å². The zero-order chi connectivity index (χ0) is 15.6. The van der Waals surface area contributed by atoms with E-state index in [1.54, 1.807) is 6.92 Å². The maximum Gasteiger partial charge on any atom is 0.764 e. The molecule has 1 unspecified atom stereocenters. The zero-order valence-electron chi connectivity index (χ0n) is 12.2. The standard InChI is InChI=1S/C10H20O9Si/c1-8(2)10(11)16-9(3)7-15-20(17-12-4,18-13-5)19-14-6/h9H,1,7H2,2-6H3. The molecule has 0 aromatic heterocycles. The highest BCUT2D eigenvalue weighted by Crippen LogP contribution is 2.14. The van der Waals surface area contributed by atoms with Gasteiger partial charge in [0.1, 0.15) is 6.10 Å². The highest BCUT2D eigenvalue weighted by atomic mass is 28.4. The predicted molar refractivity (Wildman–Crippen MR) is 66.4 cm³/mol. The highest BCUT2D eigenvalue weighted by Gasteiger charge is 2.52. The van der Waals surface area contributed by atoms with Crippen LogP contribution in [0.1, 0.15) is 13.8 Å². The van der Waals surface area contributed by atoms with Gasteiger partial charge in [-0.15, -0.1) is 0 Å².